The van der Waals surface area contributed by atoms with Gasteiger partial charge in [0.25, 0.3) is 11.6 Å². The molecule has 1 aliphatic rings. The molecule has 0 N–H and O–H groups in total. The van der Waals surface area contributed by atoms with Gasteiger partial charge in [-0.2, -0.15) is 4.99 Å². The van der Waals surface area contributed by atoms with Gasteiger partial charge < -0.3 is 18.9 Å². The summed E-state index contributed by atoms with van der Waals surface area (Å²) in [7, 11) is 1.28. The number of carbonyl (C=O) groups excluding carboxylic acids is 2. The van der Waals surface area contributed by atoms with E-state index in [0.29, 0.717) is 42.3 Å². The molecule has 4 rings (SSSR count). The number of nitrogens with zero attached hydrogens (tertiary/aromatic N) is 4. The lowest BCUT2D eigenvalue weighted by Crippen LogP contribution is -2.36. The molecule has 1 fully saturated rings. The molecule has 0 spiro atoms. The number of halogens is 1. The van der Waals surface area contributed by atoms with Crippen LogP contribution in [0.25, 0.3) is 10.2 Å². The summed E-state index contributed by atoms with van der Waals surface area (Å²) in [6.07, 6.45) is 0. The maximum atomic E-state index is 13.0. The third-order valence-electron chi connectivity index (χ3n) is 5.13. The van der Waals surface area contributed by atoms with Crippen LogP contribution in [0.15, 0.2) is 45.9 Å². The highest BCUT2D eigenvalue weighted by Crippen LogP contribution is 2.30. The Kier molecular flexibility index (Phi) is 6.86. The Morgan fingerprint density at radius 2 is 2.00 bits per heavy atom. The number of nitro groups is 1. The van der Waals surface area contributed by atoms with Crippen molar-refractivity contribution in [1.29, 1.82) is 0 Å². The predicted octanol–water partition coefficient (Wildman–Crippen LogP) is 3.12. The van der Waals surface area contributed by atoms with Crippen LogP contribution in [0.5, 0.6) is 0 Å². The van der Waals surface area contributed by atoms with Crippen molar-refractivity contribution in [1.82, 2.24) is 4.57 Å². The lowest BCUT2D eigenvalue weighted by atomic mass is 10.1. The minimum Gasteiger partial charge on any atom is -0.468 e. The number of thiazole rings is 1. The van der Waals surface area contributed by atoms with E-state index in [2.05, 4.69) is 20.9 Å². The van der Waals surface area contributed by atoms with E-state index < -0.39 is 16.8 Å². The summed E-state index contributed by atoms with van der Waals surface area (Å²) in [5.41, 5.74) is 1.07. The summed E-state index contributed by atoms with van der Waals surface area (Å²) < 4.78 is 13.3. The summed E-state index contributed by atoms with van der Waals surface area (Å²) in [6, 6.07) is 9.83. The number of anilines is 1. The SMILES string of the molecule is COC(=O)Cn1c(=NC(=O)c2ccc(N3CCOCC3)c([N+](=O)[O-])c2)sc2cc(Br)ccc21. The van der Waals surface area contributed by atoms with E-state index in [1.807, 2.05) is 23.1 Å². The monoisotopic (exact) mass is 534 g/mol. The number of ether oxygens (including phenoxy) is 2. The van der Waals surface area contributed by atoms with Gasteiger partial charge in [-0.15, -0.1) is 0 Å². The number of amides is 1. The predicted molar refractivity (Wildman–Crippen MR) is 126 cm³/mol. The molecule has 0 atom stereocenters. The molecule has 3 aromatic rings. The van der Waals surface area contributed by atoms with E-state index in [4.69, 9.17) is 9.47 Å². The number of morpholine rings is 1. The summed E-state index contributed by atoms with van der Waals surface area (Å²) in [4.78, 5) is 42.5. The van der Waals surface area contributed by atoms with Gasteiger partial charge in [-0.1, -0.05) is 27.3 Å². The van der Waals surface area contributed by atoms with Crippen LogP contribution < -0.4 is 9.70 Å². The molecule has 2 aromatic carbocycles. The molecule has 10 nitrogen and oxygen atoms in total. The van der Waals surface area contributed by atoms with Gasteiger partial charge in [0.1, 0.15) is 12.2 Å². The quantitative estimate of drug-likeness (QED) is 0.280. The molecular weight excluding hydrogens is 516 g/mol. The van der Waals surface area contributed by atoms with Crippen LogP contribution in [0, 0.1) is 10.1 Å². The topological polar surface area (TPSA) is 116 Å². The second kappa shape index (κ2) is 9.81. The highest BCUT2D eigenvalue weighted by Gasteiger charge is 2.23. The molecule has 172 valence electrons. The van der Waals surface area contributed by atoms with Gasteiger partial charge in [0, 0.05) is 29.2 Å². The highest BCUT2D eigenvalue weighted by molar-refractivity contribution is 9.10. The first-order valence-electron chi connectivity index (χ1n) is 9.93. The molecule has 1 amide bonds. The number of esters is 1. The third kappa shape index (κ3) is 4.97. The van der Waals surface area contributed by atoms with Crippen LogP contribution in [0.2, 0.25) is 0 Å². The Bertz CT molecular complexity index is 1310. The van der Waals surface area contributed by atoms with Crippen LogP contribution in [0.1, 0.15) is 10.4 Å². The Balaban J connectivity index is 1.76. The Labute approximate surface area is 200 Å². The highest BCUT2D eigenvalue weighted by atomic mass is 79.9. The first-order chi connectivity index (χ1) is 15.9. The molecule has 1 aromatic heterocycles. The van der Waals surface area contributed by atoms with Gasteiger partial charge in [0.2, 0.25) is 0 Å². The third-order valence-corrected chi connectivity index (χ3v) is 6.66. The van der Waals surface area contributed by atoms with Gasteiger partial charge in [-0.25, -0.2) is 0 Å². The maximum Gasteiger partial charge on any atom is 0.325 e. The van der Waals surface area contributed by atoms with Crippen molar-refractivity contribution in [2.45, 2.75) is 6.54 Å². The van der Waals surface area contributed by atoms with Gasteiger partial charge >= 0.3 is 5.97 Å². The molecule has 0 unspecified atom stereocenters. The lowest BCUT2D eigenvalue weighted by Gasteiger charge is -2.28. The standard InChI is InChI=1S/C21H19BrN4O6S/c1-31-19(27)12-25-16-5-3-14(22)11-18(16)33-21(25)23-20(28)13-2-4-15(17(10-13)26(29)30)24-6-8-32-9-7-24/h2-5,10-11H,6-9,12H2,1H3. The second-order valence-electron chi connectivity index (χ2n) is 7.14. The molecule has 0 bridgehead atoms. The van der Waals surface area contributed by atoms with Crippen molar-refractivity contribution in [3.05, 3.63) is 61.4 Å². The number of rotatable bonds is 5. The second-order valence-corrected chi connectivity index (χ2v) is 9.06. The largest absolute Gasteiger partial charge is 0.468 e. The fraction of sp³-hybridized carbons (Fsp3) is 0.286. The average Bonchev–Trinajstić information content (AvgIpc) is 3.14. The van der Waals surface area contributed by atoms with Crippen LogP contribution in [-0.4, -0.2) is 54.8 Å². The number of aromatic nitrogens is 1. The van der Waals surface area contributed by atoms with Gasteiger partial charge in [-0.3, -0.25) is 19.7 Å². The molecule has 33 heavy (non-hydrogen) atoms. The van der Waals surface area contributed by atoms with Crippen molar-refractivity contribution in [3.8, 4) is 0 Å². The zero-order valence-electron chi connectivity index (χ0n) is 17.5. The van der Waals surface area contributed by atoms with E-state index in [1.165, 1.54) is 30.6 Å². The normalized spacial score (nSPS) is 14.5. The molecule has 0 aliphatic carbocycles. The number of benzene rings is 2. The number of methoxy groups -OCH3 is 1. The van der Waals surface area contributed by atoms with Crippen molar-refractivity contribution < 1.29 is 24.0 Å². The van der Waals surface area contributed by atoms with Crippen LogP contribution in [0.4, 0.5) is 11.4 Å². The average molecular weight is 535 g/mol. The lowest BCUT2D eigenvalue weighted by molar-refractivity contribution is -0.384. The number of hydrogen-bond acceptors (Lipinski definition) is 8. The first-order valence-corrected chi connectivity index (χ1v) is 11.5. The van der Waals surface area contributed by atoms with Crippen LogP contribution in [0.3, 0.4) is 0 Å². The van der Waals surface area contributed by atoms with Crippen molar-refractivity contribution in [2.24, 2.45) is 4.99 Å². The van der Waals surface area contributed by atoms with Gasteiger partial charge in [0.15, 0.2) is 4.80 Å². The van der Waals surface area contributed by atoms with E-state index in [0.717, 1.165) is 9.17 Å². The fourth-order valence-electron chi connectivity index (χ4n) is 3.50. The number of nitro benzene ring substituents is 1. The Morgan fingerprint density at radius 1 is 1.24 bits per heavy atom. The Hall–Kier alpha value is -3.09. The van der Waals surface area contributed by atoms with E-state index >= 15 is 0 Å². The minimum atomic E-state index is -0.643. The van der Waals surface area contributed by atoms with Crippen molar-refractivity contribution >= 4 is 60.7 Å². The van der Waals surface area contributed by atoms with Crippen molar-refractivity contribution in [3.63, 3.8) is 0 Å². The fourth-order valence-corrected chi connectivity index (χ4v) is 5.08. The van der Waals surface area contributed by atoms with Gasteiger partial charge in [0.05, 0.1) is 35.5 Å². The summed E-state index contributed by atoms with van der Waals surface area (Å²) >= 11 is 4.64. The number of hydrogen-bond donors (Lipinski definition) is 0. The summed E-state index contributed by atoms with van der Waals surface area (Å²) in [5.74, 6) is -1.13. The molecule has 1 saturated heterocycles. The zero-order chi connectivity index (χ0) is 23.5. The molecule has 0 saturated carbocycles. The smallest absolute Gasteiger partial charge is 0.325 e. The van der Waals surface area contributed by atoms with E-state index in [9.17, 15) is 19.7 Å². The summed E-state index contributed by atoms with van der Waals surface area (Å²) in [6.45, 7) is 1.90. The molecule has 12 heteroatoms. The Morgan fingerprint density at radius 3 is 2.70 bits per heavy atom. The van der Waals surface area contributed by atoms with E-state index in [-0.39, 0.29) is 17.8 Å². The molecular formula is C21H19BrN4O6S. The molecule has 1 aliphatic heterocycles. The molecule has 2 heterocycles. The van der Waals surface area contributed by atoms with Crippen LogP contribution >= 0.6 is 27.3 Å². The van der Waals surface area contributed by atoms with Crippen molar-refractivity contribution in [2.75, 3.05) is 38.3 Å². The van der Waals surface area contributed by atoms with E-state index in [1.54, 1.807) is 10.6 Å². The number of fused-ring (bicyclic) bond motifs is 1. The maximum absolute atomic E-state index is 13.0. The molecule has 0 radical (unpaired) electrons. The number of carbonyl (C=O) groups is 2. The van der Waals surface area contributed by atoms with Crippen LogP contribution in [-0.2, 0) is 20.8 Å². The van der Waals surface area contributed by atoms with Gasteiger partial charge in [-0.05, 0) is 30.3 Å². The minimum absolute atomic E-state index is 0.0852. The summed E-state index contributed by atoms with van der Waals surface area (Å²) in [5, 5.41) is 11.7. The first kappa shape index (κ1) is 23.1. The zero-order valence-corrected chi connectivity index (χ0v) is 19.9.